The Morgan fingerprint density at radius 1 is 1.16 bits per heavy atom. The lowest BCUT2D eigenvalue weighted by molar-refractivity contribution is 0.571. The van der Waals surface area contributed by atoms with Crippen LogP contribution in [0.3, 0.4) is 0 Å². The summed E-state index contributed by atoms with van der Waals surface area (Å²) in [7, 11) is 0. The minimum Gasteiger partial charge on any atom is -0.444 e. The highest BCUT2D eigenvalue weighted by Crippen LogP contribution is 2.19. The quantitative estimate of drug-likeness (QED) is 0.522. The van der Waals surface area contributed by atoms with E-state index in [1.807, 2.05) is 43.3 Å². The van der Waals surface area contributed by atoms with Gasteiger partial charge in [0.1, 0.15) is 6.26 Å². The Labute approximate surface area is 152 Å². The summed E-state index contributed by atoms with van der Waals surface area (Å²) >= 11 is 3.39. The summed E-state index contributed by atoms with van der Waals surface area (Å²) in [5.74, 6) is 0.541. The van der Waals surface area contributed by atoms with Crippen LogP contribution in [0.15, 0.2) is 68.7 Å². The molecular weight excluding hydrogens is 382 g/mol. The van der Waals surface area contributed by atoms with Gasteiger partial charge in [-0.15, -0.1) is 0 Å². The molecule has 4 rings (SSSR count). The highest BCUT2D eigenvalue weighted by atomic mass is 79.9. The van der Waals surface area contributed by atoms with E-state index in [0.717, 1.165) is 10.0 Å². The molecule has 0 N–H and O–H groups in total. The molecule has 0 atom stereocenters. The molecule has 0 radical (unpaired) electrons. The van der Waals surface area contributed by atoms with E-state index in [2.05, 4.69) is 25.9 Å². The summed E-state index contributed by atoms with van der Waals surface area (Å²) in [6, 6.07) is 13.4. The molecule has 0 aliphatic carbocycles. The smallest absolute Gasteiger partial charge is 0.261 e. The maximum absolute atomic E-state index is 12.6. The van der Waals surface area contributed by atoms with Crippen molar-refractivity contribution < 1.29 is 4.42 Å². The maximum Gasteiger partial charge on any atom is 0.261 e. The molecule has 4 aromatic rings. The van der Waals surface area contributed by atoms with Crippen molar-refractivity contribution in [3.05, 3.63) is 81.1 Å². The molecule has 2 aromatic carbocycles. The fourth-order valence-corrected chi connectivity index (χ4v) is 2.99. The fraction of sp³-hybridized carbons (Fsp3) is 0.105. The summed E-state index contributed by atoms with van der Waals surface area (Å²) in [6.07, 6.45) is 3.12. The Balaban J connectivity index is 1.67. The molecule has 0 saturated carbocycles. The number of hydrogen-bond donors (Lipinski definition) is 0. The minimum absolute atomic E-state index is 0.105. The number of oxazole rings is 1. The number of aryl methyl sites for hydroxylation is 1. The van der Waals surface area contributed by atoms with E-state index in [9.17, 15) is 4.79 Å². The fourth-order valence-electron chi connectivity index (χ4n) is 2.63. The van der Waals surface area contributed by atoms with Gasteiger partial charge in [-0.05, 0) is 37.3 Å². The minimum atomic E-state index is -0.105. The molecular formula is C19H14BrN3O2. The van der Waals surface area contributed by atoms with E-state index in [4.69, 9.17) is 4.42 Å². The van der Waals surface area contributed by atoms with Gasteiger partial charge in [-0.2, -0.15) is 0 Å². The number of nitrogens with zero attached hydrogens (tertiary/aromatic N) is 3. The van der Waals surface area contributed by atoms with Gasteiger partial charge in [-0.25, -0.2) is 9.97 Å². The Kier molecular flexibility index (Phi) is 3.97. The first-order chi connectivity index (χ1) is 12.1. The second kappa shape index (κ2) is 6.29. The number of hydrogen-bond acceptors (Lipinski definition) is 4. The Morgan fingerprint density at radius 2 is 1.96 bits per heavy atom. The number of rotatable bonds is 3. The van der Waals surface area contributed by atoms with Crippen molar-refractivity contribution in [2.24, 2.45) is 0 Å². The van der Waals surface area contributed by atoms with Gasteiger partial charge in [0.15, 0.2) is 0 Å². The van der Waals surface area contributed by atoms with E-state index >= 15 is 0 Å². The predicted octanol–water partition coefficient (Wildman–Crippen LogP) is 4.17. The number of halogens is 1. The maximum atomic E-state index is 12.6. The first-order valence-corrected chi connectivity index (χ1v) is 8.55. The van der Waals surface area contributed by atoms with Crippen molar-refractivity contribution in [1.82, 2.24) is 14.5 Å². The molecule has 0 saturated heterocycles. The molecule has 0 bridgehead atoms. The van der Waals surface area contributed by atoms with Crippen molar-refractivity contribution in [3.63, 3.8) is 0 Å². The van der Waals surface area contributed by atoms with Crippen molar-refractivity contribution in [1.29, 1.82) is 0 Å². The third-order valence-electron chi connectivity index (χ3n) is 3.97. The Hall–Kier alpha value is -2.73. The second-order valence-corrected chi connectivity index (χ2v) is 6.76. The van der Waals surface area contributed by atoms with Crippen molar-refractivity contribution >= 4 is 26.8 Å². The van der Waals surface area contributed by atoms with Gasteiger partial charge in [-0.3, -0.25) is 9.36 Å². The summed E-state index contributed by atoms with van der Waals surface area (Å²) in [5, 5.41) is 0.569. The van der Waals surface area contributed by atoms with Crippen molar-refractivity contribution in [3.8, 4) is 11.5 Å². The van der Waals surface area contributed by atoms with E-state index in [1.165, 1.54) is 10.1 Å². The van der Waals surface area contributed by atoms with Crippen LogP contribution in [-0.2, 0) is 6.54 Å². The summed E-state index contributed by atoms with van der Waals surface area (Å²) in [4.78, 5) is 21.5. The molecule has 0 amide bonds. The van der Waals surface area contributed by atoms with Crippen molar-refractivity contribution in [2.45, 2.75) is 13.5 Å². The van der Waals surface area contributed by atoms with E-state index in [1.54, 1.807) is 18.7 Å². The zero-order valence-electron chi connectivity index (χ0n) is 13.4. The molecule has 0 aliphatic rings. The van der Waals surface area contributed by atoms with Crippen LogP contribution in [-0.4, -0.2) is 14.5 Å². The van der Waals surface area contributed by atoms with Crippen LogP contribution in [0.25, 0.3) is 22.4 Å². The molecule has 0 unspecified atom stereocenters. The lowest BCUT2D eigenvalue weighted by Gasteiger charge is -2.04. The van der Waals surface area contributed by atoms with Crippen LogP contribution >= 0.6 is 15.9 Å². The second-order valence-electron chi connectivity index (χ2n) is 5.85. The van der Waals surface area contributed by atoms with Crippen LogP contribution in [0.2, 0.25) is 0 Å². The van der Waals surface area contributed by atoms with E-state index < -0.39 is 0 Å². The Morgan fingerprint density at radius 3 is 2.76 bits per heavy atom. The number of fused-ring (bicyclic) bond motifs is 1. The number of benzene rings is 2. The topological polar surface area (TPSA) is 60.9 Å². The Bertz CT molecular complexity index is 1110. The van der Waals surface area contributed by atoms with Gasteiger partial charge in [0.05, 0.1) is 29.5 Å². The highest BCUT2D eigenvalue weighted by Gasteiger charge is 2.10. The van der Waals surface area contributed by atoms with Crippen LogP contribution < -0.4 is 5.56 Å². The van der Waals surface area contributed by atoms with Gasteiger partial charge in [0, 0.05) is 10.0 Å². The SMILES string of the molecule is Cc1ccc(-c2nc(Cn3cnc4ccc(Br)cc4c3=O)co2)cc1. The lowest BCUT2D eigenvalue weighted by Crippen LogP contribution is -2.21. The zero-order chi connectivity index (χ0) is 17.4. The average Bonchev–Trinajstić information content (AvgIpc) is 3.07. The molecule has 2 heterocycles. The molecule has 6 heteroatoms. The van der Waals surface area contributed by atoms with Crippen LogP contribution in [0.1, 0.15) is 11.3 Å². The largest absolute Gasteiger partial charge is 0.444 e. The molecule has 0 aliphatic heterocycles. The standard InChI is InChI=1S/C19H14BrN3O2/c1-12-2-4-13(5-3-12)18-22-15(10-25-18)9-23-11-21-17-7-6-14(20)8-16(17)19(23)24/h2-8,10-11H,9H2,1H3. The van der Waals surface area contributed by atoms with Gasteiger partial charge in [0.25, 0.3) is 5.56 Å². The molecule has 5 nitrogen and oxygen atoms in total. The predicted molar refractivity (Wildman–Crippen MR) is 99.5 cm³/mol. The lowest BCUT2D eigenvalue weighted by atomic mass is 10.1. The zero-order valence-corrected chi connectivity index (χ0v) is 15.0. The molecule has 2 aromatic heterocycles. The van der Waals surface area contributed by atoms with Crippen LogP contribution in [0.4, 0.5) is 0 Å². The van der Waals surface area contributed by atoms with E-state index in [0.29, 0.717) is 29.0 Å². The molecule has 0 fully saturated rings. The van der Waals surface area contributed by atoms with Gasteiger partial charge in [0.2, 0.25) is 5.89 Å². The summed E-state index contributed by atoms with van der Waals surface area (Å²) in [5.41, 5.74) is 3.32. The van der Waals surface area contributed by atoms with Gasteiger partial charge < -0.3 is 4.42 Å². The van der Waals surface area contributed by atoms with Gasteiger partial charge in [-0.1, -0.05) is 33.6 Å². The summed E-state index contributed by atoms with van der Waals surface area (Å²) < 4.78 is 7.94. The summed E-state index contributed by atoms with van der Waals surface area (Å²) in [6.45, 7) is 2.34. The monoisotopic (exact) mass is 395 g/mol. The molecule has 25 heavy (non-hydrogen) atoms. The third kappa shape index (κ3) is 3.13. The van der Waals surface area contributed by atoms with E-state index in [-0.39, 0.29) is 5.56 Å². The number of aromatic nitrogens is 3. The van der Waals surface area contributed by atoms with Crippen LogP contribution in [0, 0.1) is 6.92 Å². The van der Waals surface area contributed by atoms with Gasteiger partial charge >= 0.3 is 0 Å². The average molecular weight is 396 g/mol. The molecule has 124 valence electrons. The first-order valence-electron chi connectivity index (χ1n) is 7.76. The van der Waals surface area contributed by atoms with Crippen LogP contribution in [0.5, 0.6) is 0 Å². The molecule has 0 spiro atoms. The van der Waals surface area contributed by atoms with Crippen molar-refractivity contribution in [2.75, 3.05) is 0 Å². The third-order valence-corrected chi connectivity index (χ3v) is 4.46. The normalized spacial score (nSPS) is 11.1. The first kappa shape index (κ1) is 15.8. The highest BCUT2D eigenvalue weighted by molar-refractivity contribution is 9.10.